The van der Waals surface area contributed by atoms with Gasteiger partial charge in [-0.05, 0) is 11.6 Å². The topological polar surface area (TPSA) is 70.5 Å². The summed E-state index contributed by atoms with van der Waals surface area (Å²) in [4.78, 5) is 28.0. The van der Waals surface area contributed by atoms with Crippen LogP contribution in [0.25, 0.3) is 17.3 Å². The van der Waals surface area contributed by atoms with Crippen LogP contribution < -0.4 is 5.32 Å². The Morgan fingerprint density at radius 2 is 1.65 bits per heavy atom. The van der Waals surface area contributed by atoms with E-state index in [1.165, 1.54) is 5.56 Å². The molecule has 0 aliphatic carbocycles. The van der Waals surface area contributed by atoms with E-state index in [1.54, 1.807) is 13.0 Å². The lowest BCUT2D eigenvalue weighted by Crippen LogP contribution is -2.49. The molecular formula is C27H31N5O2. The third-order valence-electron chi connectivity index (χ3n) is 5.98. The van der Waals surface area contributed by atoms with E-state index in [0.29, 0.717) is 13.1 Å². The van der Waals surface area contributed by atoms with Gasteiger partial charge in [0.05, 0.1) is 12.2 Å². The number of nitrogens with one attached hydrogen (secondary N) is 1. The van der Waals surface area contributed by atoms with Gasteiger partial charge in [-0.1, -0.05) is 60.7 Å². The fourth-order valence-electron chi connectivity index (χ4n) is 4.08. The van der Waals surface area contributed by atoms with Gasteiger partial charge < -0.3 is 10.2 Å². The quantitative estimate of drug-likeness (QED) is 0.528. The lowest BCUT2D eigenvalue weighted by Gasteiger charge is -2.34. The maximum absolute atomic E-state index is 12.4. The van der Waals surface area contributed by atoms with E-state index in [2.05, 4.69) is 22.3 Å². The summed E-state index contributed by atoms with van der Waals surface area (Å²) in [7, 11) is 0. The summed E-state index contributed by atoms with van der Waals surface area (Å²) in [6.45, 7) is 6.79. The van der Waals surface area contributed by atoms with E-state index in [1.807, 2.05) is 70.4 Å². The summed E-state index contributed by atoms with van der Waals surface area (Å²) in [6, 6.07) is 20.2. The molecule has 0 radical (unpaired) electrons. The van der Waals surface area contributed by atoms with Gasteiger partial charge in [-0.15, -0.1) is 0 Å². The summed E-state index contributed by atoms with van der Waals surface area (Å²) in [5, 5.41) is 7.76. The molecule has 1 N–H and O–H groups in total. The maximum Gasteiger partial charge on any atom is 0.244 e. The molecule has 7 nitrogen and oxygen atoms in total. The first-order valence-electron chi connectivity index (χ1n) is 11.7. The Labute approximate surface area is 200 Å². The highest BCUT2D eigenvalue weighted by Crippen LogP contribution is 2.23. The fraction of sp³-hybridized carbons (Fsp3) is 0.296. The Morgan fingerprint density at radius 1 is 0.971 bits per heavy atom. The molecule has 0 bridgehead atoms. The molecule has 0 unspecified atom stereocenters. The summed E-state index contributed by atoms with van der Waals surface area (Å²) in [5.41, 5.74) is 3.93. The van der Waals surface area contributed by atoms with Gasteiger partial charge in [0.2, 0.25) is 11.8 Å². The highest BCUT2D eigenvalue weighted by Gasteiger charge is 2.18. The van der Waals surface area contributed by atoms with E-state index >= 15 is 0 Å². The molecule has 1 saturated heterocycles. The molecule has 34 heavy (non-hydrogen) atoms. The van der Waals surface area contributed by atoms with Gasteiger partial charge in [-0.25, -0.2) is 0 Å². The molecule has 2 amide bonds. The van der Waals surface area contributed by atoms with Crippen LogP contribution in [-0.2, 0) is 16.1 Å². The molecule has 0 atom stereocenters. The Morgan fingerprint density at radius 3 is 2.32 bits per heavy atom. The molecule has 0 spiro atoms. The number of hydrogen-bond acceptors (Lipinski definition) is 4. The number of rotatable bonds is 8. The lowest BCUT2D eigenvalue weighted by atomic mass is 10.1. The summed E-state index contributed by atoms with van der Waals surface area (Å²) in [5.74, 6) is -0.00255. The highest BCUT2D eigenvalue weighted by molar-refractivity contribution is 5.92. The third-order valence-corrected chi connectivity index (χ3v) is 5.98. The van der Waals surface area contributed by atoms with Crippen molar-refractivity contribution in [1.82, 2.24) is 24.9 Å². The second-order valence-corrected chi connectivity index (χ2v) is 8.45. The van der Waals surface area contributed by atoms with Crippen LogP contribution in [0.3, 0.4) is 0 Å². The van der Waals surface area contributed by atoms with Gasteiger partial charge in [-0.2, -0.15) is 5.10 Å². The number of aromatic nitrogens is 2. The van der Waals surface area contributed by atoms with Crippen molar-refractivity contribution >= 4 is 17.9 Å². The van der Waals surface area contributed by atoms with Crippen molar-refractivity contribution in [2.24, 2.45) is 0 Å². The Bertz CT molecular complexity index is 1120. The lowest BCUT2D eigenvalue weighted by molar-refractivity contribution is -0.130. The van der Waals surface area contributed by atoms with Crippen LogP contribution in [0.5, 0.6) is 0 Å². The van der Waals surface area contributed by atoms with Crippen LogP contribution in [0.15, 0.2) is 72.9 Å². The van der Waals surface area contributed by atoms with Gasteiger partial charge in [-0.3, -0.25) is 19.2 Å². The number of hydrogen-bond donors (Lipinski definition) is 1. The van der Waals surface area contributed by atoms with Crippen LogP contribution in [0.2, 0.25) is 0 Å². The maximum atomic E-state index is 12.4. The first-order valence-corrected chi connectivity index (χ1v) is 11.7. The van der Waals surface area contributed by atoms with Crippen molar-refractivity contribution in [3.63, 3.8) is 0 Å². The van der Waals surface area contributed by atoms with Crippen LogP contribution in [0, 0.1) is 0 Å². The summed E-state index contributed by atoms with van der Waals surface area (Å²) < 4.78 is 1.91. The van der Waals surface area contributed by atoms with E-state index < -0.39 is 0 Å². The van der Waals surface area contributed by atoms with Crippen molar-refractivity contribution in [3.05, 3.63) is 84.1 Å². The standard InChI is InChI=1S/C27H31N5O2/c1-22(33)31-18-16-30(17-19-31)15-14-28-26(34)13-12-25-21-32(20-23-8-4-2-5-9-23)29-27(25)24-10-6-3-7-11-24/h2-13,21H,14-20H2,1H3,(H,28,34)/b13-12+. The van der Waals surface area contributed by atoms with Crippen LogP contribution in [0.4, 0.5) is 0 Å². The van der Waals surface area contributed by atoms with Crippen molar-refractivity contribution in [3.8, 4) is 11.3 Å². The third kappa shape index (κ3) is 6.42. The Hall–Kier alpha value is -3.71. The zero-order chi connectivity index (χ0) is 23.8. The van der Waals surface area contributed by atoms with E-state index in [4.69, 9.17) is 5.10 Å². The molecule has 1 aliphatic rings. The van der Waals surface area contributed by atoms with Crippen LogP contribution in [-0.4, -0.2) is 70.7 Å². The van der Waals surface area contributed by atoms with Crippen molar-refractivity contribution in [2.75, 3.05) is 39.3 Å². The smallest absolute Gasteiger partial charge is 0.244 e. The van der Waals surface area contributed by atoms with Gasteiger partial charge in [0.1, 0.15) is 0 Å². The predicted molar refractivity (Wildman–Crippen MR) is 134 cm³/mol. The minimum Gasteiger partial charge on any atom is -0.351 e. The molecule has 1 aromatic heterocycles. The molecular weight excluding hydrogens is 426 g/mol. The highest BCUT2D eigenvalue weighted by atomic mass is 16.2. The average Bonchev–Trinajstić information content (AvgIpc) is 3.27. The molecule has 1 aliphatic heterocycles. The zero-order valence-corrected chi connectivity index (χ0v) is 19.6. The number of nitrogens with zero attached hydrogens (tertiary/aromatic N) is 4. The van der Waals surface area contributed by atoms with E-state index in [9.17, 15) is 9.59 Å². The first kappa shape index (κ1) is 23.4. The predicted octanol–water partition coefficient (Wildman–Crippen LogP) is 2.89. The molecule has 2 aromatic carbocycles. The minimum atomic E-state index is -0.128. The molecule has 1 fully saturated rings. The number of amides is 2. The summed E-state index contributed by atoms with van der Waals surface area (Å²) in [6.07, 6.45) is 5.38. The van der Waals surface area contributed by atoms with Crippen molar-refractivity contribution < 1.29 is 9.59 Å². The molecule has 4 rings (SSSR count). The monoisotopic (exact) mass is 457 g/mol. The first-order chi connectivity index (χ1) is 16.6. The Balaban J connectivity index is 1.36. The van der Waals surface area contributed by atoms with Crippen LogP contribution in [0.1, 0.15) is 18.1 Å². The minimum absolute atomic E-state index is 0.125. The van der Waals surface area contributed by atoms with Gasteiger partial charge in [0, 0.05) is 69.6 Å². The fourth-order valence-corrected chi connectivity index (χ4v) is 4.08. The molecule has 7 heteroatoms. The second-order valence-electron chi connectivity index (χ2n) is 8.45. The number of piperazine rings is 1. The van der Waals surface area contributed by atoms with E-state index in [-0.39, 0.29) is 11.8 Å². The van der Waals surface area contributed by atoms with Gasteiger partial charge in [0.25, 0.3) is 0 Å². The average molecular weight is 458 g/mol. The zero-order valence-electron chi connectivity index (χ0n) is 19.6. The molecule has 0 saturated carbocycles. The molecule has 2 heterocycles. The second kappa shape index (κ2) is 11.4. The SMILES string of the molecule is CC(=O)N1CCN(CCNC(=O)/C=C/c2cn(Cc3ccccc3)nc2-c2ccccc2)CC1. The number of carbonyl (C=O) groups excluding carboxylic acids is 2. The molecule has 176 valence electrons. The largest absolute Gasteiger partial charge is 0.351 e. The number of carbonyl (C=O) groups is 2. The van der Waals surface area contributed by atoms with Gasteiger partial charge >= 0.3 is 0 Å². The normalized spacial score (nSPS) is 14.4. The molecule has 3 aromatic rings. The van der Waals surface area contributed by atoms with Crippen molar-refractivity contribution in [1.29, 1.82) is 0 Å². The van der Waals surface area contributed by atoms with E-state index in [0.717, 1.165) is 49.5 Å². The number of benzene rings is 2. The van der Waals surface area contributed by atoms with Gasteiger partial charge in [0.15, 0.2) is 0 Å². The Kier molecular flexibility index (Phi) is 7.88. The summed E-state index contributed by atoms with van der Waals surface area (Å²) >= 11 is 0. The van der Waals surface area contributed by atoms with Crippen LogP contribution >= 0.6 is 0 Å². The van der Waals surface area contributed by atoms with Crippen molar-refractivity contribution in [2.45, 2.75) is 13.5 Å².